The molecule has 4 nitrogen and oxygen atoms in total. The van der Waals surface area contributed by atoms with Crippen molar-refractivity contribution in [2.45, 2.75) is 52.1 Å². The van der Waals surface area contributed by atoms with Gasteiger partial charge in [0.15, 0.2) is 0 Å². The summed E-state index contributed by atoms with van der Waals surface area (Å²) in [6.07, 6.45) is 3.39. The molecular weight excluding hydrogens is 226 g/mol. The maximum absolute atomic E-state index is 12.2. The molecule has 0 radical (unpaired) electrons. The Morgan fingerprint density at radius 1 is 1.39 bits per heavy atom. The maximum atomic E-state index is 12.2. The lowest BCUT2D eigenvalue weighted by Crippen LogP contribution is -2.49. The smallest absolute Gasteiger partial charge is 0.226 e. The number of nitrogens with zero attached hydrogens (tertiary/aromatic N) is 2. The quantitative estimate of drug-likeness (QED) is 0.805. The van der Waals surface area contributed by atoms with Crippen LogP contribution in [0.1, 0.15) is 40.0 Å². The van der Waals surface area contributed by atoms with Crippen molar-refractivity contribution in [2.75, 3.05) is 26.7 Å². The molecule has 0 aromatic carbocycles. The van der Waals surface area contributed by atoms with Crippen LogP contribution in [0.3, 0.4) is 0 Å². The highest BCUT2D eigenvalue weighted by Crippen LogP contribution is 2.18. The third-order valence-corrected chi connectivity index (χ3v) is 4.17. The summed E-state index contributed by atoms with van der Waals surface area (Å²) < 4.78 is 0. The second-order valence-corrected chi connectivity index (χ2v) is 5.67. The third kappa shape index (κ3) is 3.95. The van der Waals surface area contributed by atoms with Gasteiger partial charge >= 0.3 is 0 Å². The van der Waals surface area contributed by atoms with Gasteiger partial charge in [0.1, 0.15) is 0 Å². The van der Waals surface area contributed by atoms with Gasteiger partial charge in [-0.15, -0.1) is 0 Å². The Bertz CT molecular complexity index is 260. The number of nitrogens with two attached hydrogens (primary N) is 1. The van der Waals surface area contributed by atoms with E-state index in [1.54, 1.807) is 0 Å². The first-order valence-electron chi connectivity index (χ1n) is 7.22. The normalized spacial score (nSPS) is 21.6. The van der Waals surface area contributed by atoms with Crippen LogP contribution >= 0.6 is 0 Å². The number of amides is 1. The summed E-state index contributed by atoms with van der Waals surface area (Å²) in [4.78, 5) is 16.6. The molecule has 1 aliphatic rings. The number of likely N-dealkylation sites (tertiary alicyclic amines) is 1. The Morgan fingerprint density at radius 3 is 2.39 bits per heavy atom. The molecule has 0 aromatic rings. The summed E-state index contributed by atoms with van der Waals surface area (Å²) in [5, 5.41) is 0. The van der Waals surface area contributed by atoms with Crippen LogP contribution < -0.4 is 5.73 Å². The highest BCUT2D eigenvalue weighted by molar-refractivity contribution is 5.79. The van der Waals surface area contributed by atoms with Crippen molar-refractivity contribution in [3.8, 4) is 0 Å². The van der Waals surface area contributed by atoms with E-state index in [-0.39, 0.29) is 17.9 Å². The Labute approximate surface area is 111 Å². The summed E-state index contributed by atoms with van der Waals surface area (Å²) in [5.74, 6) is 0.114. The standard InChI is InChI=1S/C14H29N3O/c1-5-8-17-9-6-13(7-10-17)16(4)14(18)11(2)12(3)15/h11-13H,5-10,15H2,1-4H3. The van der Waals surface area contributed by atoms with Crippen molar-refractivity contribution in [3.05, 3.63) is 0 Å². The molecule has 106 valence electrons. The Kier molecular flexibility index (Phi) is 6.09. The minimum Gasteiger partial charge on any atom is -0.342 e. The molecule has 0 bridgehead atoms. The number of hydrogen-bond acceptors (Lipinski definition) is 3. The van der Waals surface area contributed by atoms with Gasteiger partial charge in [0.25, 0.3) is 0 Å². The molecule has 2 atom stereocenters. The van der Waals surface area contributed by atoms with Crippen molar-refractivity contribution in [1.29, 1.82) is 0 Å². The lowest BCUT2D eigenvalue weighted by molar-refractivity contribution is -0.137. The molecule has 0 spiro atoms. The predicted molar refractivity (Wildman–Crippen MR) is 75.3 cm³/mol. The van der Waals surface area contributed by atoms with Crippen LogP contribution in [0.2, 0.25) is 0 Å². The van der Waals surface area contributed by atoms with Gasteiger partial charge in [-0.25, -0.2) is 0 Å². The first-order valence-corrected chi connectivity index (χ1v) is 7.22. The first kappa shape index (κ1) is 15.4. The van der Waals surface area contributed by atoms with Crippen LogP contribution in [-0.4, -0.2) is 54.5 Å². The van der Waals surface area contributed by atoms with E-state index in [1.807, 2.05) is 25.8 Å². The number of carbonyl (C=O) groups is 1. The van der Waals surface area contributed by atoms with E-state index < -0.39 is 0 Å². The third-order valence-electron chi connectivity index (χ3n) is 4.17. The number of carbonyl (C=O) groups excluding carboxylic acids is 1. The van der Waals surface area contributed by atoms with Crippen molar-refractivity contribution >= 4 is 5.91 Å². The molecule has 0 aliphatic carbocycles. The zero-order chi connectivity index (χ0) is 13.7. The number of hydrogen-bond donors (Lipinski definition) is 1. The molecule has 1 heterocycles. The van der Waals surface area contributed by atoms with Crippen molar-refractivity contribution in [3.63, 3.8) is 0 Å². The van der Waals surface area contributed by atoms with Crippen LogP contribution in [-0.2, 0) is 4.79 Å². The molecular formula is C14H29N3O. The lowest BCUT2D eigenvalue weighted by Gasteiger charge is -2.38. The van der Waals surface area contributed by atoms with Gasteiger partial charge in [0, 0.05) is 32.2 Å². The summed E-state index contributed by atoms with van der Waals surface area (Å²) in [6, 6.07) is 0.326. The molecule has 2 N–H and O–H groups in total. The number of rotatable bonds is 5. The van der Waals surface area contributed by atoms with E-state index >= 15 is 0 Å². The number of piperidine rings is 1. The molecule has 1 aliphatic heterocycles. The Morgan fingerprint density at radius 2 is 1.94 bits per heavy atom. The molecule has 1 saturated heterocycles. The van der Waals surface area contributed by atoms with Gasteiger partial charge in [-0.05, 0) is 32.7 Å². The average Bonchev–Trinajstić information content (AvgIpc) is 2.37. The fourth-order valence-corrected chi connectivity index (χ4v) is 2.57. The van der Waals surface area contributed by atoms with Crippen molar-refractivity contribution in [2.24, 2.45) is 11.7 Å². The zero-order valence-electron chi connectivity index (χ0n) is 12.4. The second-order valence-electron chi connectivity index (χ2n) is 5.67. The second kappa shape index (κ2) is 7.10. The van der Waals surface area contributed by atoms with E-state index in [4.69, 9.17) is 5.73 Å². The van der Waals surface area contributed by atoms with Gasteiger partial charge in [-0.3, -0.25) is 4.79 Å². The molecule has 4 heteroatoms. The summed E-state index contributed by atoms with van der Waals surface area (Å²) >= 11 is 0. The molecule has 2 unspecified atom stereocenters. The maximum Gasteiger partial charge on any atom is 0.226 e. The van der Waals surface area contributed by atoms with Crippen LogP contribution in [0.25, 0.3) is 0 Å². The molecule has 1 rings (SSSR count). The fourth-order valence-electron chi connectivity index (χ4n) is 2.57. The van der Waals surface area contributed by atoms with Gasteiger partial charge in [0.05, 0.1) is 5.92 Å². The minimum absolute atomic E-state index is 0.0693. The van der Waals surface area contributed by atoms with E-state index in [0.717, 1.165) is 25.9 Å². The average molecular weight is 255 g/mol. The monoisotopic (exact) mass is 255 g/mol. The topological polar surface area (TPSA) is 49.6 Å². The van der Waals surface area contributed by atoms with Gasteiger partial charge in [-0.1, -0.05) is 13.8 Å². The van der Waals surface area contributed by atoms with Gasteiger partial charge < -0.3 is 15.5 Å². The van der Waals surface area contributed by atoms with Crippen LogP contribution in [0, 0.1) is 5.92 Å². The van der Waals surface area contributed by atoms with Gasteiger partial charge in [-0.2, -0.15) is 0 Å². The SMILES string of the molecule is CCCN1CCC(N(C)C(=O)C(C)C(C)N)CC1. The zero-order valence-corrected chi connectivity index (χ0v) is 12.4. The summed E-state index contributed by atoms with van der Waals surface area (Å²) in [5.41, 5.74) is 5.81. The lowest BCUT2D eigenvalue weighted by atomic mass is 9.98. The highest BCUT2D eigenvalue weighted by atomic mass is 16.2. The van der Waals surface area contributed by atoms with E-state index in [1.165, 1.54) is 13.0 Å². The highest BCUT2D eigenvalue weighted by Gasteiger charge is 2.28. The minimum atomic E-state index is -0.0799. The molecule has 18 heavy (non-hydrogen) atoms. The van der Waals surface area contributed by atoms with Gasteiger partial charge in [0.2, 0.25) is 5.91 Å². The first-order chi connectivity index (χ1) is 8.47. The van der Waals surface area contributed by atoms with Crippen LogP contribution in [0.5, 0.6) is 0 Å². The summed E-state index contributed by atoms with van der Waals surface area (Å²) in [6.45, 7) is 9.45. The fraction of sp³-hybridized carbons (Fsp3) is 0.929. The van der Waals surface area contributed by atoms with Crippen LogP contribution in [0.4, 0.5) is 0 Å². The van der Waals surface area contributed by atoms with Crippen molar-refractivity contribution < 1.29 is 4.79 Å². The molecule has 1 amide bonds. The van der Waals surface area contributed by atoms with Crippen LogP contribution in [0.15, 0.2) is 0 Å². The summed E-state index contributed by atoms with van der Waals surface area (Å²) in [7, 11) is 1.93. The Balaban J connectivity index is 2.44. The molecule has 1 fully saturated rings. The predicted octanol–water partition coefficient (Wildman–Crippen LogP) is 1.30. The largest absolute Gasteiger partial charge is 0.342 e. The van der Waals surface area contributed by atoms with E-state index in [0.29, 0.717) is 6.04 Å². The molecule has 0 aromatic heterocycles. The van der Waals surface area contributed by atoms with Crippen molar-refractivity contribution in [1.82, 2.24) is 9.80 Å². The Hall–Kier alpha value is -0.610. The van der Waals surface area contributed by atoms with E-state index in [9.17, 15) is 4.79 Å². The van der Waals surface area contributed by atoms with E-state index in [2.05, 4.69) is 11.8 Å². The molecule has 0 saturated carbocycles.